The highest BCUT2D eigenvalue weighted by Crippen LogP contribution is 2.29. The second-order valence-electron chi connectivity index (χ2n) is 5.41. The zero-order valence-corrected chi connectivity index (χ0v) is 12.8. The number of rotatable bonds is 5. The van der Waals surface area contributed by atoms with Gasteiger partial charge in [-0.1, -0.05) is 34.6 Å². The number of nitrogen functional groups attached to an aromatic ring is 1. The molecule has 0 bridgehead atoms. The van der Waals surface area contributed by atoms with Gasteiger partial charge in [0.15, 0.2) is 0 Å². The van der Waals surface area contributed by atoms with E-state index in [-0.39, 0.29) is 11.3 Å². The summed E-state index contributed by atoms with van der Waals surface area (Å²) in [7, 11) is 0. The molecule has 0 atom stereocenters. The van der Waals surface area contributed by atoms with Gasteiger partial charge in [-0.25, -0.2) is 4.98 Å². The van der Waals surface area contributed by atoms with Gasteiger partial charge >= 0.3 is 0 Å². The first-order chi connectivity index (χ1) is 8.29. The molecule has 3 N–H and O–H groups in total. The predicted molar refractivity (Wildman–Crippen MR) is 78.5 cm³/mol. The van der Waals surface area contributed by atoms with Crippen molar-refractivity contribution in [3.05, 3.63) is 15.6 Å². The Morgan fingerprint density at radius 1 is 1.33 bits per heavy atom. The Bertz CT molecular complexity index is 413. The van der Waals surface area contributed by atoms with E-state index in [9.17, 15) is 0 Å². The van der Waals surface area contributed by atoms with Gasteiger partial charge in [-0.15, -0.1) is 11.3 Å². The summed E-state index contributed by atoms with van der Waals surface area (Å²) in [5, 5.41) is 8.73. The fourth-order valence-electron chi connectivity index (χ4n) is 1.76. The second-order valence-corrected chi connectivity index (χ2v) is 6.49. The van der Waals surface area contributed by atoms with E-state index in [2.05, 4.69) is 39.5 Å². The van der Waals surface area contributed by atoms with Crippen LogP contribution in [-0.4, -0.2) is 28.8 Å². The SMILES string of the molecule is CCN(CC)Cc1nc(C(C)(C)C)c(C(=N)N)s1. The van der Waals surface area contributed by atoms with Crippen LogP contribution in [-0.2, 0) is 12.0 Å². The Morgan fingerprint density at radius 2 is 1.89 bits per heavy atom. The van der Waals surface area contributed by atoms with E-state index in [1.807, 2.05) is 0 Å². The maximum absolute atomic E-state index is 7.68. The monoisotopic (exact) mass is 268 g/mol. The van der Waals surface area contributed by atoms with Crippen LogP contribution in [0.3, 0.4) is 0 Å². The minimum atomic E-state index is -0.0704. The number of hydrogen-bond donors (Lipinski definition) is 2. The van der Waals surface area contributed by atoms with Crippen LogP contribution >= 0.6 is 11.3 Å². The maximum atomic E-state index is 7.68. The molecule has 0 saturated carbocycles. The molecule has 0 aliphatic rings. The minimum absolute atomic E-state index is 0.0704. The lowest BCUT2D eigenvalue weighted by atomic mass is 9.91. The molecular weight excluding hydrogens is 244 g/mol. The fourth-order valence-corrected chi connectivity index (χ4v) is 2.94. The van der Waals surface area contributed by atoms with Gasteiger partial charge < -0.3 is 5.73 Å². The largest absolute Gasteiger partial charge is 0.383 e. The normalized spacial score (nSPS) is 12.1. The van der Waals surface area contributed by atoms with Crippen molar-refractivity contribution in [3.63, 3.8) is 0 Å². The standard InChI is InChI=1S/C13H24N4S/c1-6-17(7-2)8-9-16-11(13(3,4)5)10(18-9)12(14)15/h6-8H2,1-5H3,(H3,14,15). The molecular formula is C13H24N4S. The van der Waals surface area contributed by atoms with Crippen molar-refractivity contribution in [3.8, 4) is 0 Å². The quantitative estimate of drug-likeness (QED) is 0.637. The average molecular weight is 268 g/mol. The number of nitrogens with two attached hydrogens (primary N) is 1. The molecule has 0 aliphatic heterocycles. The number of hydrogen-bond acceptors (Lipinski definition) is 4. The first-order valence-corrected chi connectivity index (χ1v) is 7.18. The summed E-state index contributed by atoms with van der Waals surface area (Å²) in [4.78, 5) is 7.83. The van der Waals surface area contributed by atoms with Crippen molar-refractivity contribution in [2.75, 3.05) is 13.1 Å². The van der Waals surface area contributed by atoms with Crippen LogP contribution in [0.25, 0.3) is 0 Å². The highest BCUT2D eigenvalue weighted by atomic mass is 32.1. The zero-order valence-electron chi connectivity index (χ0n) is 12.0. The van der Waals surface area contributed by atoms with Crippen LogP contribution in [0.1, 0.15) is 50.2 Å². The number of thiazole rings is 1. The highest BCUT2D eigenvalue weighted by Gasteiger charge is 2.24. The summed E-state index contributed by atoms with van der Waals surface area (Å²) in [5.74, 6) is 0.128. The molecule has 0 unspecified atom stereocenters. The maximum Gasteiger partial charge on any atom is 0.135 e. The van der Waals surface area contributed by atoms with Gasteiger partial charge in [-0.2, -0.15) is 0 Å². The first kappa shape index (κ1) is 15.1. The molecule has 102 valence electrons. The van der Waals surface area contributed by atoms with Crippen LogP contribution < -0.4 is 5.73 Å². The molecule has 1 heterocycles. The van der Waals surface area contributed by atoms with Crippen LogP contribution in [0.2, 0.25) is 0 Å². The smallest absolute Gasteiger partial charge is 0.135 e. The van der Waals surface area contributed by atoms with E-state index in [1.54, 1.807) is 11.3 Å². The topological polar surface area (TPSA) is 66.0 Å². The Balaban J connectivity index is 3.07. The summed E-state index contributed by atoms with van der Waals surface area (Å²) in [5.41, 5.74) is 6.54. The van der Waals surface area contributed by atoms with Crippen molar-refractivity contribution >= 4 is 17.2 Å². The van der Waals surface area contributed by atoms with Gasteiger partial charge in [-0.3, -0.25) is 10.3 Å². The van der Waals surface area contributed by atoms with E-state index in [0.717, 1.165) is 35.2 Å². The van der Waals surface area contributed by atoms with Gasteiger partial charge in [0.25, 0.3) is 0 Å². The van der Waals surface area contributed by atoms with Gasteiger partial charge in [0.05, 0.1) is 17.1 Å². The summed E-state index contributed by atoms with van der Waals surface area (Å²) in [6.45, 7) is 13.5. The molecule has 1 aromatic heterocycles. The molecule has 0 fully saturated rings. The van der Waals surface area contributed by atoms with Crippen molar-refractivity contribution in [2.24, 2.45) is 5.73 Å². The Kier molecular flexibility index (Phi) is 4.87. The molecule has 0 spiro atoms. The van der Waals surface area contributed by atoms with Crippen molar-refractivity contribution in [1.29, 1.82) is 5.41 Å². The third-order valence-electron chi connectivity index (χ3n) is 2.88. The molecule has 0 radical (unpaired) electrons. The van der Waals surface area contributed by atoms with E-state index >= 15 is 0 Å². The van der Waals surface area contributed by atoms with Crippen LogP contribution in [0.5, 0.6) is 0 Å². The average Bonchev–Trinajstić information content (AvgIpc) is 2.69. The molecule has 0 saturated heterocycles. The Labute approximate surface area is 114 Å². The van der Waals surface area contributed by atoms with Crippen molar-refractivity contribution in [1.82, 2.24) is 9.88 Å². The molecule has 5 heteroatoms. The summed E-state index contributed by atoms with van der Waals surface area (Å²) in [6, 6.07) is 0. The molecule has 0 aliphatic carbocycles. The summed E-state index contributed by atoms with van der Waals surface area (Å²) < 4.78 is 0. The fraction of sp³-hybridized carbons (Fsp3) is 0.692. The highest BCUT2D eigenvalue weighted by molar-refractivity contribution is 7.13. The third-order valence-corrected chi connectivity index (χ3v) is 3.95. The van der Waals surface area contributed by atoms with Gasteiger partial charge in [-0.05, 0) is 13.1 Å². The predicted octanol–water partition coefficient (Wildman–Crippen LogP) is 2.57. The van der Waals surface area contributed by atoms with E-state index in [4.69, 9.17) is 16.1 Å². The molecule has 18 heavy (non-hydrogen) atoms. The molecule has 0 amide bonds. The lowest BCUT2D eigenvalue weighted by Crippen LogP contribution is -2.22. The van der Waals surface area contributed by atoms with Crippen LogP contribution in [0.4, 0.5) is 0 Å². The van der Waals surface area contributed by atoms with Gasteiger partial charge in [0, 0.05) is 5.41 Å². The van der Waals surface area contributed by atoms with E-state index in [1.165, 1.54) is 0 Å². The number of nitrogens with zero attached hydrogens (tertiary/aromatic N) is 2. The minimum Gasteiger partial charge on any atom is -0.383 e. The first-order valence-electron chi connectivity index (χ1n) is 6.36. The Hall–Kier alpha value is -0.940. The number of amidine groups is 1. The number of aromatic nitrogens is 1. The van der Waals surface area contributed by atoms with E-state index in [0.29, 0.717) is 0 Å². The second kappa shape index (κ2) is 5.80. The lowest BCUT2D eigenvalue weighted by Gasteiger charge is -2.17. The van der Waals surface area contributed by atoms with Crippen LogP contribution in [0, 0.1) is 5.41 Å². The van der Waals surface area contributed by atoms with Crippen molar-refractivity contribution in [2.45, 2.75) is 46.6 Å². The molecule has 1 rings (SSSR count). The Morgan fingerprint density at radius 3 is 2.22 bits per heavy atom. The zero-order chi connectivity index (χ0) is 13.9. The molecule has 0 aromatic carbocycles. The van der Waals surface area contributed by atoms with Gasteiger partial charge in [0.2, 0.25) is 0 Å². The lowest BCUT2D eigenvalue weighted by molar-refractivity contribution is 0.295. The third kappa shape index (κ3) is 3.53. The molecule has 4 nitrogen and oxygen atoms in total. The van der Waals surface area contributed by atoms with Crippen molar-refractivity contribution < 1.29 is 0 Å². The number of nitrogens with one attached hydrogen (secondary N) is 1. The molecule has 1 aromatic rings. The summed E-state index contributed by atoms with van der Waals surface area (Å²) >= 11 is 1.55. The summed E-state index contributed by atoms with van der Waals surface area (Å²) in [6.07, 6.45) is 0. The van der Waals surface area contributed by atoms with Crippen LogP contribution in [0.15, 0.2) is 0 Å². The van der Waals surface area contributed by atoms with E-state index < -0.39 is 0 Å². The van der Waals surface area contributed by atoms with Gasteiger partial charge in [0.1, 0.15) is 10.8 Å².